The van der Waals surface area contributed by atoms with Crippen molar-refractivity contribution in [3.8, 4) is 0 Å². The molecule has 0 amide bonds. The highest BCUT2D eigenvalue weighted by molar-refractivity contribution is 6.90. The molecule has 0 aromatic carbocycles. The maximum absolute atomic E-state index is 14.0. The zero-order valence-electron chi connectivity index (χ0n) is 9.35. The predicted octanol–water partition coefficient (Wildman–Crippen LogP) is 1.95. The number of nitrogens with zero attached hydrogens (tertiary/aromatic N) is 2. The van der Waals surface area contributed by atoms with Crippen LogP contribution in [0.4, 0.5) is 4.39 Å². The molecule has 15 heavy (non-hydrogen) atoms. The Morgan fingerprint density at radius 2 is 2.00 bits per heavy atom. The van der Waals surface area contributed by atoms with Gasteiger partial charge in [0, 0.05) is 5.39 Å². The fourth-order valence-corrected chi connectivity index (χ4v) is 3.63. The monoisotopic (exact) mass is 223 g/mol. The van der Waals surface area contributed by atoms with Crippen molar-refractivity contribution in [2.45, 2.75) is 26.6 Å². The van der Waals surface area contributed by atoms with Crippen LogP contribution in [-0.4, -0.2) is 23.3 Å². The van der Waals surface area contributed by atoms with E-state index in [1.165, 1.54) is 0 Å². The van der Waals surface area contributed by atoms with Gasteiger partial charge in [0.2, 0.25) is 0 Å². The third-order valence-corrected chi connectivity index (χ3v) is 4.44. The van der Waals surface area contributed by atoms with Crippen molar-refractivity contribution in [3.05, 3.63) is 17.7 Å². The topological polar surface area (TPSA) is 41.6 Å². The van der Waals surface area contributed by atoms with Gasteiger partial charge < -0.3 is 0 Å². The van der Waals surface area contributed by atoms with Crippen LogP contribution in [0.5, 0.6) is 0 Å². The molecule has 80 valence electrons. The number of aromatic amines is 1. The Kier molecular flexibility index (Phi) is 2.15. The quantitative estimate of drug-likeness (QED) is 0.751. The van der Waals surface area contributed by atoms with E-state index in [4.69, 9.17) is 0 Å². The molecule has 0 saturated carbocycles. The molecule has 0 unspecified atom stereocenters. The second-order valence-electron chi connectivity index (χ2n) is 4.77. The summed E-state index contributed by atoms with van der Waals surface area (Å²) in [7, 11) is -1.71. The van der Waals surface area contributed by atoms with Crippen LogP contribution in [-0.2, 0) is 0 Å². The van der Waals surface area contributed by atoms with Gasteiger partial charge in [-0.1, -0.05) is 19.6 Å². The number of H-pyrrole nitrogens is 1. The van der Waals surface area contributed by atoms with Gasteiger partial charge in [-0.25, -0.2) is 9.37 Å². The third kappa shape index (κ3) is 1.56. The fourth-order valence-electron chi connectivity index (χ4n) is 1.80. The van der Waals surface area contributed by atoms with E-state index in [0.29, 0.717) is 11.3 Å². The second kappa shape index (κ2) is 3.13. The first-order chi connectivity index (χ1) is 6.91. The average molecular weight is 223 g/mol. The number of halogens is 1. The number of aryl methyl sites for hydroxylation is 1. The van der Waals surface area contributed by atoms with Gasteiger partial charge in [0.25, 0.3) is 0 Å². The molecule has 0 spiro atoms. The van der Waals surface area contributed by atoms with Crippen LogP contribution in [0.2, 0.25) is 19.6 Å². The molecule has 0 fully saturated rings. The molecular formula is C10H14FN3Si. The van der Waals surface area contributed by atoms with E-state index in [9.17, 15) is 4.39 Å². The highest BCUT2D eigenvalue weighted by atomic mass is 28.3. The number of nitrogens with one attached hydrogen (secondary N) is 1. The van der Waals surface area contributed by atoms with Crippen LogP contribution in [0.1, 0.15) is 5.69 Å². The number of hydrogen-bond donors (Lipinski definition) is 1. The minimum atomic E-state index is -1.71. The Labute approximate surface area is 88.7 Å². The zero-order chi connectivity index (χ0) is 11.2. The van der Waals surface area contributed by atoms with Gasteiger partial charge in [-0.15, -0.1) is 0 Å². The van der Waals surface area contributed by atoms with Gasteiger partial charge in [-0.3, -0.25) is 5.10 Å². The van der Waals surface area contributed by atoms with E-state index in [0.717, 1.165) is 10.6 Å². The van der Waals surface area contributed by atoms with E-state index in [2.05, 4.69) is 34.8 Å². The minimum absolute atomic E-state index is 0.164. The molecule has 2 heterocycles. The van der Waals surface area contributed by atoms with Crippen LogP contribution >= 0.6 is 0 Å². The largest absolute Gasteiger partial charge is 0.261 e. The molecule has 2 aromatic heterocycles. The maximum atomic E-state index is 14.0. The van der Waals surface area contributed by atoms with Crippen molar-refractivity contribution >= 4 is 24.3 Å². The summed E-state index contributed by atoms with van der Waals surface area (Å²) in [6, 6.07) is 0. The molecule has 0 radical (unpaired) electrons. The van der Waals surface area contributed by atoms with Crippen molar-refractivity contribution in [1.82, 2.24) is 15.2 Å². The van der Waals surface area contributed by atoms with E-state index >= 15 is 0 Å². The number of aromatic nitrogens is 3. The van der Waals surface area contributed by atoms with Gasteiger partial charge in [-0.05, 0) is 12.1 Å². The van der Waals surface area contributed by atoms with Crippen molar-refractivity contribution in [3.63, 3.8) is 0 Å². The molecule has 5 heteroatoms. The summed E-state index contributed by atoms with van der Waals surface area (Å²) in [6.07, 6.45) is 1.67. The molecule has 0 aliphatic carbocycles. The molecule has 0 saturated heterocycles. The van der Waals surface area contributed by atoms with Crippen molar-refractivity contribution in [2.75, 3.05) is 0 Å². The first-order valence-electron chi connectivity index (χ1n) is 4.91. The Morgan fingerprint density at radius 1 is 1.33 bits per heavy atom. The van der Waals surface area contributed by atoms with Crippen LogP contribution in [0.3, 0.4) is 0 Å². The van der Waals surface area contributed by atoms with Crippen molar-refractivity contribution in [1.29, 1.82) is 0 Å². The standard InChI is InChI=1S/C10H14FN3Si/c1-6-8(11)9(15(2,3)4)7-5-12-14-10(7)13-6/h5H,1-4H3,(H,12,13,14). The SMILES string of the molecule is Cc1nc2[nH]ncc2c([Si](C)(C)C)c1F. The molecule has 0 bridgehead atoms. The van der Waals surface area contributed by atoms with Crippen LogP contribution in [0, 0.1) is 12.7 Å². The molecule has 2 rings (SSSR count). The molecule has 3 nitrogen and oxygen atoms in total. The highest BCUT2D eigenvalue weighted by Gasteiger charge is 2.26. The van der Waals surface area contributed by atoms with Crippen LogP contribution in [0.15, 0.2) is 6.20 Å². The molecule has 2 aromatic rings. The van der Waals surface area contributed by atoms with Crippen molar-refractivity contribution in [2.24, 2.45) is 0 Å². The smallest absolute Gasteiger partial charge is 0.155 e. The summed E-state index contributed by atoms with van der Waals surface area (Å²) >= 11 is 0. The number of pyridine rings is 1. The first kappa shape index (κ1) is 10.3. The van der Waals surface area contributed by atoms with Crippen molar-refractivity contribution < 1.29 is 4.39 Å². The van der Waals surface area contributed by atoms with Crippen LogP contribution in [0.25, 0.3) is 11.0 Å². The van der Waals surface area contributed by atoms with Crippen LogP contribution < -0.4 is 5.19 Å². The zero-order valence-corrected chi connectivity index (χ0v) is 10.3. The van der Waals surface area contributed by atoms with Gasteiger partial charge >= 0.3 is 0 Å². The Morgan fingerprint density at radius 3 is 2.60 bits per heavy atom. The second-order valence-corrected chi connectivity index (χ2v) is 9.77. The molecule has 0 aliphatic heterocycles. The lowest BCUT2D eigenvalue weighted by Gasteiger charge is -2.19. The Hall–Kier alpha value is -1.23. The first-order valence-corrected chi connectivity index (χ1v) is 8.41. The molecule has 0 aliphatic rings. The summed E-state index contributed by atoms with van der Waals surface area (Å²) < 4.78 is 14.0. The highest BCUT2D eigenvalue weighted by Crippen LogP contribution is 2.16. The van der Waals surface area contributed by atoms with E-state index in [-0.39, 0.29) is 5.82 Å². The Bertz CT molecular complexity index is 513. The minimum Gasteiger partial charge on any atom is -0.261 e. The van der Waals surface area contributed by atoms with Gasteiger partial charge in [0.05, 0.1) is 20.0 Å². The predicted molar refractivity (Wildman–Crippen MR) is 61.6 cm³/mol. The van der Waals surface area contributed by atoms with Gasteiger partial charge in [-0.2, -0.15) is 5.10 Å². The summed E-state index contributed by atoms with van der Waals surface area (Å²) in [5.74, 6) is -0.164. The van der Waals surface area contributed by atoms with E-state index in [1.54, 1.807) is 13.1 Å². The summed E-state index contributed by atoms with van der Waals surface area (Å²) in [5.41, 5.74) is 1.13. The Balaban J connectivity index is 2.90. The number of hydrogen-bond acceptors (Lipinski definition) is 2. The number of fused-ring (bicyclic) bond motifs is 1. The third-order valence-electron chi connectivity index (χ3n) is 2.46. The molecule has 1 N–H and O–H groups in total. The lowest BCUT2D eigenvalue weighted by Crippen LogP contribution is -2.41. The molecular weight excluding hydrogens is 209 g/mol. The van der Waals surface area contributed by atoms with Gasteiger partial charge in [0.1, 0.15) is 5.82 Å². The summed E-state index contributed by atoms with van der Waals surface area (Å²) in [4.78, 5) is 4.14. The van der Waals surface area contributed by atoms with Gasteiger partial charge in [0.15, 0.2) is 5.65 Å². The van der Waals surface area contributed by atoms with E-state index in [1.807, 2.05) is 0 Å². The molecule has 0 atom stereocenters. The van der Waals surface area contributed by atoms with E-state index < -0.39 is 8.07 Å². The normalized spacial score (nSPS) is 12.3. The maximum Gasteiger partial charge on any atom is 0.155 e. The fraction of sp³-hybridized carbons (Fsp3) is 0.400. The number of rotatable bonds is 1. The average Bonchev–Trinajstić information content (AvgIpc) is 2.50. The summed E-state index contributed by atoms with van der Waals surface area (Å²) in [6.45, 7) is 8.06. The lowest BCUT2D eigenvalue weighted by molar-refractivity contribution is 0.620. The lowest BCUT2D eigenvalue weighted by atomic mass is 10.3. The summed E-state index contributed by atoms with van der Waals surface area (Å²) in [5, 5.41) is 8.37.